The zero-order valence-corrected chi connectivity index (χ0v) is 8.80. The lowest BCUT2D eigenvalue weighted by atomic mass is 9.93. The molecule has 3 rings (SSSR count). The van der Waals surface area contributed by atoms with Gasteiger partial charge in [0.05, 0.1) is 0 Å². The third kappa shape index (κ3) is 1.37. The molecule has 0 spiro atoms. The summed E-state index contributed by atoms with van der Waals surface area (Å²) in [5.74, 6) is 1.00. The lowest BCUT2D eigenvalue weighted by molar-refractivity contribution is 0.316. The predicted molar refractivity (Wildman–Crippen MR) is 57.3 cm³/mol. The SMILES string of the molecule is Cn1ccc(-c2nccn2C2CCC2)n1. The second-order valence-electron chi connectivity index (χ2n) is 4.12. The molecule has 4 heteroatoms. The minimum atomic E-state index is 0.643. The molecular weight excluding hydrogens is 188 g/mol. The van der Waals surface area contributed by atoms with Crippen molar-refractivity contribution in [2.75, 3.05) is 0 Å². The van der Waals surface area contributed by atoms with Gasteiger partial charge >= 0.3 is 0 Å². The number of aryl methyl sites for hydroxylation is 1. The average Bonchev–Trinajstić information content (AvgIpc) is 2.70. The third-order valence-electron chi connectivity index (χ3n) is 3.08. The van der Waals surface area contributed by atoms with E-state index >= 15 is 0 Å². The first kappa shape index (κ1) is 8.71. The molecule has 1 fully saturated rings. The van der Waals surface area contributed by atoms with E-state index in [1.807, 2.05) is 30.2 Å². The minimum Gasteiger partial charge on any atom is -0.327 e. The van der Waals surface area contributed by atoms with Crippen molar-refractivity contribution in [3.63, 3.8) is 0 Å². The fourth-order valence-corrected chi connectivity index (χ4v) is 2.01. The topological polar surface area (TPSA) is 35.6 Å². The summed E-state index contributed by atoms with van der Waals surface area (Å²) in [5, 5.41) is 4.39. The van der Waals surface area contributed by atoms with Crippen molar-refractivity contribution in [2.24, 2.45) is 7.05 Å². The van der Waals surface area contributed by atoms with Gasteiger partial charge in [-0.1, -0.05) is 0 Å². The van der Waals surface area contributed by atoms with E-state index in [1.165, 1.54) is 19.3 Å². The number of nitrogens with zero attached hydrogens (tertiary/aromatic N) is 4. The van der Waals surface area contributed by atoms with E-state index in [1.54, 1.807) is 0 Å². The molecule has 0 unspecified atom stereocenters. The fourth-order valence-electron chi connectivity index (χ4n) is 2.01. The van der Waals surface area contributed by atoms with Crippen molar-refractivity contribution in [3.8, 4) is 11.5 Å². The lowest BCUT2D eigenvalue weighted by Gasteiger charge is -2.27. The molecule has 2 heterocycles. The quantitative estimate of drug-likeness (QED) is 0.746. The first-order valence-electron chi connectivity index (χ1n) is 5.37. The number of imidazole rings is 1. The summed E-state index contributed by atoms with van der Waals surface area (Å²) in [6.07, 6.45) is 9.77. The maximum atomic E-state index is 4.39. The van der Waals surface area contributed by atoms with Crippen LogP contribution in [0.4, 0.5) is 0 Å². The zero-order valence-electron chi connectivity index (χ0n) is 8.80. The molecule has 0 atom stereocenters. The second kappa shape index (κ2) is 3.22. The Labute approximate surface area is 88.6 Å². The highest BCUT2D eigenvalue weighted by Gasteiger charge is 2.22. The molecule has 2 aromatic rings. The van der Waals surface area contributed by atoms with Gasteiger partial charge in [0.15, 0.2) is 5.82 Å². The van der Waals surface area contributed by atoms with Gasteiger partial charge in [-0.3, -0.25) is 4.68 Å². The Kier molecular flexibility index (Phi) is 1.87. The molecule has 0 saturated heterocycles. The van der Waals surface area contributed by atoms with Crippen molar-refractivity contribution in [1.82, 2.24) is 19.3 Å². The molecule has 1 saturated carbocycles. The molecule has 2 aromatic heterocycles. The van der Waals surface area contributed by atoms with E-state index < -0.39 is 0 Å². The standard InChI is InChI=1S/C11H14N4/c1-14-7-5-10(13-14)11-12-6-8-15(11)9-3-2-4-9/h5-9H,2-4H2,1H3. The summed E-state index contributed by atoms with van der Waals surface area (Å²) in [6, 6.07) is 2.65. The highest BCUT2D eigenvalue weighted by Crippen LogP contribution is 2.34. The summed E-state index contributed by atoms with van der Waals surface area (Å²) in [5.41, 5.74) is 0.967. The molecule has 0 radical (unpaired) electrons. The van der Waals surface area contributed by atoms with Crippen LogP contribution in [0.3, 0.4) is 0 Å². The van der Waals surface area contributed by atoms with E-state index in [9.17, 15) is 0 Å². The van der Waals surface area contributed by atoms with Crippen molar-refractivity contribution in [3.05, 3.63) is 24.7 Å². The van der Waals surface area contributed by atoms with Gasteiger partial charge in [-0.25, -0.2) is 4.98 Å². The smallest absolute Gasteiger partial charge is 0.160 e. The molecule has 4 nitrogen and oxygen atoms in total. The van der Waals surface area contributed by atoms with Crippen molar-refractivity contribution in [2.45, 2.75) is 25.3 Å². The first-order chi connectivity index (χ1) is 7.34. The molecule has 0 amide bonds. The van der Waals surface area contributed by atoms with Crippen LogP contribution in [0.2, 0.25) is 0 Å². The summed E-state index contributed by atoms with van der Waals surface area (Å²) in [7, 11) is 1.93. The summed E-state index contributed by atoms with van der Waals surface area (Å²) in [4.78, 5) is 4.39. The molecule has 15 heavy (non-hydrogen) atoms. The second-order valence-corrected chi connectivity index (χ2v) is 4.12. The van der Waals surface area contributed by atoms with Gasteiger partial charge in [0.2, 0.25) is 0 Å². The van der Waals surface area contributed by atoms with Gasteiger partial charge in [-0.05, 0) is 25.3 Å². The van der Waals surface area contributed by atoms with Gasteiger partial charge < -0.3 is 4.57 Å². The maximum absolute atomic E-state index is 4.39. The van der Waals surface area contributed by atoms with Crippen LogP contribution >= 0.6 is 0 Å². The van der Waals surface area contributed by atoms with Gasteiger partial charge in [-0.15, -0.1) is 0 Å². The Morgan fingerprint density at radius 3 is 2.80 bits per heavy atom. The summed E-state index contributed by atoms with van der Waals surface area (Å²) >= 11 is 0. The lowest BCUT2D eigenvalue weighted by Crippen LogP contribution is -2.17. The van der Waals surface area contributed by atoms with E-state index in [0.717, 1.165) is 11.5 Å². The minimum absolute atomic E-state index is 0.643. The predicted octanol–water partition coefficient (Wildman–Crippen LogP) is 2.01. The number of aromatic nitrogens is 4. The molecule has 0 N–H and O–H groups in total. The Balaban J connectivity index is 2.00. The molecule has 78 valence electrons. The Morgan fingerprint density at radius 2 is 2.20 bits per heavy atom. The normalized spacial score (nSPS) is 16.6. The largest absolute Gasteiger partial charge is 0.327 e. The van der Waals surface area contributed by atoms with E-state index in [4.69, 9.17) is 0 Å². The van der Waals surface area contributed by atoms with E-state index in [0.29, 0.717) is 6.04 Å². The van der Waals surface area contributed by atoms with Crippen LogP contribution in [0.1, 0.15) is 25.3 Å². The first-order valence-corrected chi connectivity index (χ1v) is 5.37. The van der Waals surface area contributed by atoms with Crippen LogP contribution in [-0.4, -0.2) is 19.3 Å². The van der Waals surface area contributed by atoms with Crippen LogP contribution in [0.25, 0.3) is 11.5 Å². The van der Waals surface area contributed by atoms with Gasteiger partial charge in [0.1, 0.15) is 5.69 Å². The van der Waals surface area contributed by atoms with E-state index in [-0.39, 0.29) is 0 Å². The summed E-state index contributed by atoms with van der Waals surface area (Å²) < 4.78 is 4.07. The maximum Gasteiger partial charge on any atom is 0.160 e. The fraction of sp³-hybridized carbons (Fsp3) is 0.455. The third-order valence-corrected chi connectivity index (χ3v) is 3.08. The van der Waals surface area contributed by atoms with Gasteiger partial charge in [0, 0.05) is 31.7 Å². The van der Waals surface area contributed by atoms with Crippen LogP contribution in [0.15, 0.2) is 24.7 Å². The van der Waals surface area contributed by atoms with Gasteiger partial charge in [-0.2, -0.15) is 5.10 Å². The average molecular weight is 202 g/mol. The van der Waals surface area contributed by atoms with Crippen LogP contribution < -0.4 is 0 Å². The molecule has 0 bridgehead atoms. The summed E-state index contributed by atoms with van der Waals surface area (Å²) in [6.45, 7) is 0. The Bertz CT molecular complexity index is 464. The Hall–Kier alpha value is -1.58. The highest BCUT2D eigenvalue weighted by atomic mass is 15.3. The molecule has 0 aromatic carbocycles. The molecular formula is C11H14N4. The van der Waals surface area contributed by atoms with Crippen LogP contribution in [0.5, 0.6) is 0 Å². The van der Waals surface area contributed by atoms with E-state index in [2.05, 4.69) is 20.8 Å². The van der Waals surface area contributed by atoms with Gasteiger partial charge in [0.25, 0.3) is 0 Å². The zero-order chi connectivity index (χ0) is 10.3. The molecule has 1 aliphatic rings. The highest BCUT2D eigenvalue weighted by molar-refractivity contribution is 5.49. The molecule has 0 aliphatic heterocycles. The number of hydrogen-bond donors (Lipinski definition) is 0. The molecule has 1 aliphatic carbocycles. The van der Waals surface area contributed by atoms with Crippen LogP contribution in [0, 0.1) is 0 Å². The van der Waals surface area contributed by atoms with Crippen molar-refractivity contribution < 1.29 is 0 Å². The monoisotopic (exact) mass is 202 g/mol. The number of rotatable bonds is 2. The Morgan fingerprint density at radius 1 is 1.33 bits per heavy atom. The van der Waals surface area contributed by atoms with Crippen LogP contribution in [-0.2, 0) is 7.05 Å². The van der Waals surface area contributed by atoms with Crippen molar-refractivity contribution in [1.29, 1.82) is 0 Å². The number of hydrogen-bond acceptors (Lipinski definition) is 2. The van der Waals surface area contributed by atoms with Crippen molar-refractivity contribution >= 4 is 0 Å².